The van der Waals surface area contributed by atoms with E-state index in [0.717, 1.165) is 50.8 Å². The minimum atomic E-state index is -0.408. The van der Waals surface area contributed by atoms with E-state index >= 15 is 0 Å². The summed E-state index contributed by atoms with van der Waals surface area (Å²) in [6.07, 6.45) is 6.81. The first-order valence-corrected chi connectivity index (χ1v) is 9.27. The highest BCUT2D eigenvalue weighted by Crippen LogP contribution is 2.28. The summed E-state index contributed by atoms with van der Waals surface area (Å²) < 4.78 is 1.77. The Morgan fingerprint density at radius 1 is 1.08 bits per heavy atom. The van der Waals surface area contributed by atoms with Crippen LogP contribution in [0.25, 0.3) is 10.9 Å². The van der Waals surface area contributed by atoms with Crippen LogP contribution in [0.3, 0.4) is 0 Å². The van der Waals surface area contributed by atoms with Gasteiger partial charge in [-0.15, -0.1) is 0 Å². The maximum Gasteiger partial charge on any atom is 0.269 e. The van der Waals surface area contributed by atoms with Crippen LogP contribution < -0.4 is 16.4 Å². The molecule has 2 N–H and O–H groups in total. The summed E-state index contributed by atoms with van der Waals surface area (Å²) in [6.45, 7) is 0.701. The highest BCUT2D eigenvalue weighted by molar-refractivity contribution is 5.98. The molecule has 2 aliphatic rings. The monoisotopic (exact) mass is 354 g/mol. The fourth-order valence-corrected chi connectivity index (χ4v) is 3.37. The molecule has 1 aliphatic heterocycles. The van der Waals surface area contributed by atoms with Crippen molar-refractivity contribution in [3.8, 4) is 0 Å². The fourth-order valence-electron chi connectivity index (χ4n) is 3.37. The minimum absolute atomic E-state index is 0.0214. The van der Waals surface area contributed by atoms with Crippen LogP contribution in [0.15, 0.2) is 23.0 Å². The average Bonchev–Trinajstić information content (AvgIpc) is 3.46. The van der Waals surface area contributed by atoms with Crippen molar-refractivity contribution in [2.45, 2.75) is 51.5 Å². The molecule has 0 unspecified atom stereocenters. The third kappa shape index (κ3) is 3.34. The van der Waals surface area contributed by atoms with Gasteiger partial charge in [0.05, 0.1) is 10.9 Å². The van der Waals surface area contributed by atoms with Gasteiger partial charge in [0, 0.05) is 24.4 Å². The van der Waals surface area contributed by atoms with Crippen LogP contribution in [-0.2, 0) is 17.8 Å². The lowest BCUT2D eigenvalue weighted by Gasteiger charge is -2.16. The number of nitrogens with one attached hydrogen (secondary N) is 2. The Bertz CT molecular complexity index is 930. The molecule has 1 aromatic carbocycles. The van der Waals surface area contributed by atoms with Gasteiger partial charge in [-0.25, -0.2) is 4.98 Å². The number of benzene rings is 1. The average molecular weight is 354 g/mol. The third-order valence-corrected chi connectivity index (χ3v) is 5.08. The normalized spacial score (nSPS) is 17.1. The first kappa shape index (κ1) is 16.8. The topological polar surface area (TPSA) is 93.1 Å². The number of hydrogen-bond donors (Lipinski definition) is 2. The van der Waals surface area contributed by atoms with Gasteiger partial charge in [0.15, 0.2) is 0 Å². The van der Waals surface area contributed by atoms with E-state index < -0.39 is 5.91 Å². The second kappa shape index (κ2) is 6.90. The number of nitrogens with zero attached hydrogens (tertiary/aromatic N) is 2. The number of carbonyl (C=O) groups is 2. The van der Waals surface area contributed by atoms with Crippen molar-refractivity contribution in [2.75, 3.05) is 0 Å². The Labute approximate surface area is 150 Å². The summed E-state index contributed by atoms with van der Waals surface area (Å²) in [5, 5.41) is 0.521. The molecule has 1 fully saturated rings. The van der Waals surface area contributed by atoms with Crippen LogP contribution >= 0.6 is 0 Å². The number of rotatable bonds is 2. The molecule has 1 saturated carbocycles. The molecule has 7 heteroatoms. The summed E-state index contributed by atoms with van der Waals surface area (Å²) in [4.78, 5) is 41.3. The van der Waals surface area contributed by atoms with Crippen molar-refractivity contribution in [1.82, 2.24) is 20.4 Å². The number of amides is 2. The zero-order chi connectivity index (χ0) is 18.1. The quantitative estimate of drug-likeness (QED) is 0.803. The largest absolute Gasteiger partial charge is 0.296 e. The predicted molar refractivity (Wildman–Crippen MR) is 96.5 cm³/mol. The van der Waals surface area contributed by atoms with Crippen LogP contribution in [0, 0.1) is 5.92 Å². The minimum Gasteiger partial charge on any atom is -0.296 e. The lowest BCUT2D eigenvalue weighted by atomic mass is 10.1. The summed E-state index contributed by atoms with van der Waals surface area (Å²) in [6, 6.07) is 4.86. The molecule has 2 amide bonds. The lowest BCUT2D eigenvalue weighted by Crippen LogP contribution is -2.42. The Hall–Kier alpha value is -2.70. The van der Waals surface area contributed by atoms with Crippen molar-refractivity contribution in [2.24, 2.45) is 5.92 Å². The Morgan fingerprint density at radius 3 is 2.69 bits per heavy atom. The van der Waals surface area contributed by atoms with Crippen LogP contribution in [0.5, 0.6) is 0 Å². The van der Waals surface area contributed by atoms with Crippen molar-refractivity contribution in [3.05, 3.63) is 39.9 Å². The van der Waals surface area contributed by atoms with Gasteiger partial charge in [-0.2, -0.15) is 0 Å². The van der Waals surface area contributed by atoms with Crippen molar-refractivity contribution < 1.29 is 9.59 Å². The fraction of sp³-hybridized carbons (Fsp3) is 0.474. The standard InChI is InChI=1S/C19H22N4O3/c24-17(12-6-7-12)21-22-18(25)13-8-9-14-15(11-13)20-16-5-3-1-2-4-10-23(16)19(14)26/h8-9,11-12H,1-7,10H2,(H,21,24)(H,22,25). The molecule has 0 radical (unpaired) electrons. The molecule has 7 nitrogen and oxygen atoms in total. The van der Waals surface area contributed by atoms with Crippen LogP contribution in [-0.4, -0.2) is 21.4 Å². The van der Waals surface area contributed by atoms with Crippen LogP contribution in [0.2, 0.25) is 0 Å². The Kier molecular flexibility index (Phi) is 4.44. The number of aromatic nitrogens is 2. The zero-order valence-corrected chi connectivity index (χ0v) is 14.6. The van der Waals surface area contributed by atoms with Gasteiger partial charge in [-0.3, -0.25) is 29.8 Å². The van der Waals surface area contributed by atoms with E-state index in [1.165, 1.54) is 0 Å². The summed E-state index contributed by atoms with van der Waals surface area (Å²) >= 11 is 0. The molecule has 2 heterocycles. The van der Waals surface area contributed by atoms with E-state index in [0.29, 0.717) is 23.0 Å². The summed E-state index contributed by atoms with van der Waals surface area (Å²) in [5.74, 6) is 0.251. The Balaban J connectivity index is 1.61. The van der Waals surface area contributed by atoms with Gasteiger partial charge in [0.25, 0.3) is 11.5 Å². The van der Waals surface area contributed by atoms with E-state index in [1.54, 1.807) is 22.8 Å². The molecule has 4 rings (SSSR count). The van der Waals surface area contributed by atoms with E-state index in [1.807, 2.05) is 0 Å². The Morgan fingerprint density at radius 2 is 1.88 bits per heavy atom. The van der Waals surface area contributed by atoms with Crippen molar-refractivity contribution in [3.63, 3.8) is 0 Å². The van der Waals surface area contributed by atoms with Gasteiger partial charge in [0.1, 0.15) is 5.82 Å². The van der Waals surface area contributed by atoms with Gasteiger partial charge in [0.2, 0.25) is 5.91 Å². The molecule has 0 spiro atoms. The van der Waals surface area contributed by atoms with Gasteiger partial charge < -0.3 is 0 Å². The third-order valence-electron chi connectivity index (χ3n) is 5.08. The zero-order valence-electron chi connectivity index (χ0n) is 14.6. The van der Waals surface area contributed by atoms with E-state index in [9.17, 15) is 14.4 Å². The number of carbonyl (C=O) groups excluding carboxylic acids is 2. The maximum absolute atomic E-state index is 12.8. The summed E-state index contributed by atoms with van der Waals surface area (Å²) in [5.41, 5.74) is 5.73. The molecule has 0 saturated heterocycles. The van der Waals surface area contributed by atoms with Crippen molar-refractivity contribution in [1.29, 1.82) is 0 Å². The molecule has 2 aromatic rings. The van der Waals surface area contributed by atoms with Gasteiger partial charge in [-0.05, 0) is 43.9 Å². The van der Waals surface area contributed by atoms with Crippen molar-refractivity contribution >= 4 is 22.7 Å². The smallest absolute Gasteiger partial charge is 0.269 e. The number of hydrazine groups is 1. The SMILES string of the molecule is O=C(NNC(=O)C1CC1)c1ccc2c(=O)n3c(nc2c1)CCCCCC3. The molecule has 0 atom stereocenters. The lowest BCUT2D eigenvalue weighted by molar-refractivity contribution is -0.123. The number of hydrogen-bond acceptors (Lipinski definition) is 4. The van der Waals surface area contributed by atoms with E-state index in [-0.39, 0.29) is 17.4 Å². The van der Waals surface area contributed by atoms with Gasteiger partial charge in [-0.1, -0.05) is 12.8 Å². The second-order valence-corrected chi connectivity index (χ2v) is 7.10. The van der Waals surface area contributed by atoms with E-state index in [2.05, 4.69) is 15.8 Å². The first-order valence-electron chi connectivity index (χ1n) is 9.27. The molecule has 1 aromatic heterocycles. The highest BCUT2D eigenvalue weighted by atomic mass is 16.2. The molecular weight excluding hydrogens is 332 g/mol. The highest BCUT2D eigenvalue weighted by Gasteiger charge is 2.29. The summed E-state index contributed by atoms with van der Waals surface area (Å²) in [7, 11) is 0. The molecular formula is C19H22N4O3. The predicted octanol–water partition coefficient (Wildman–Crippen LogP) is 1.68. The first-order chi connectivity index (χ1) is 12.6. The molecule has 26 heavy (non-hydrogen) atoms. The number of aryl methyl sites for hydroxylation is 1. The second-order valence-electron chi connectivity index (χ2n) is 7.10. The van der Waals surface area contributed by atoms with Crippen LogP contribution in [0.4, 0.5) is 0 Å². The number of fused-ring (bicyclic) bond motifs is 2. The molecule has 1 aliphatic carbocycles. The van der Waals surface area contributed by atoms with Gasteiger partial charge >= 0.3 is 0 Å². The van der Waals surface area contributed by atoms with Crippen LogP contribution in [0.1, 0.15) is 54.7 Å². The molecule has 0 bridgehead atoms. The van der Waals surface area contributed by atoms with E-state index in [4.69, 9.17) is 0 Å². The molecule has 136 valence electrons. The maximum atomic E-state index is 12.8.